The molecule has 2 atom stereocenters. The molecule has 24 heavy (non-hydrogen) atoms. The maximum Gasteiger partial charge on any atom is 0.340 e. The second-order valence-electron chi connectivity index (χ2n) is 6.95. The highest BCUT2D eigenvalue weighted by Gasteiger charge is 2.39. The first-order valence-corrected chi connectivity index (χ1v) is 13.6. The zero-order valence-corrected chi connectivity index (χ0v) is 17.5. The van der Waals surface area contributed by atoms with Gasteiger partial charge in [-0.1, -0.05) is 61.2 Å². The number of benzene rings is 1. The van der Waals surface area contributed by atoms with E-state index in [1.807, 2.05) is 37.3 Å². The summed E-state index contributed by atoms with van der Waals surface area (Å²) in [6.07, 6.45) is 0.894. The highest BCUT2D eigenvalue weighted by atomic mass is 31.2. The maximum atomic E-state index is 13.3. The molecule has 0 amide bonds. The Morgan fingerprint density at radius 3 is 2.04 bits per heavy atom. The summed E-state index contributed by atoms with van der Waals surface area (Å²) in [4.78, 5) is 0. The molecule has 4 nitrogen and oxygen atoms in total. The molecule has 0 unspecified atom stereocenters. The Balaban J connectivity index is 3.28. The monoisotopic (exact) mass is 370 g/mol. The average Bonchev–Trinajstić information content (AvgIpc) is 2.47. The van der Waals surface area contributed by atoms with Gasteiger partial charge in [0.25, 0.3) is 0 Å². The van der Waals surface area contributed by atoms with E-state index >= 15 is 0 Å². The highest BCUT2D eigenvalue weighted by Crippen LogP contribution is 2.57. The predicted molar refractivity (Wildman–Crippen MR) is 103 cm³/mol. The summed E-state index contributed by atoms with van der Waals surface area (Å²) in [7, 11) is -4.99. The molecular formula is C18H31O4PSi. The van der Waals surface area contributed by atoms with Crippen molar-refractivity contribution in [1.82, 2.24) is 0 Å². The Bertz CT molecular complexity index is 568. The van der Waals surface area contributed by atoms with Crippen LogP contribution in [0.1, 0.15) is 31.1 Å². The summed E-state index contributed by atoms with van der Waals surface area (Å²) in [6, 6.07) is 7.59. The van der Waals surface area contributed by atoms with Gasteiger partial charge in [0.2, 0.25) is 0 Å². The first-order valence-electron chi connectivity index (χ1n) is 8.45. The van der Waals surface area contributed by atoms with Crippen LogP contribution >= 0.6 is 7.60 Å². The van der Waals surface area contributed by atoms with Crippen molar-refractivity contribution < 1.29 is 18.7 Å². The fourth-order valence-electron chi connectivity index (χ4n) is 2.30. The van der Waals surface area contributed by atoms with E-state index < -0.39 is 27.4 Å². The Hall–Kier alpha value is -0.713. The normalized spacial score (nSPS) is 15.6. The van der Waals surface area contributed by atoms with Crippen molar-refractivity contribution in [2.24, 2.45) is 0 Å². The van der Waals surface area contributed by atoms with Crippen LogP contribution in [0.2, 0.25) is 19.6 Å². The summed E-state index contributed by atoms with van der Waals surface area (Å²) in [5.74, 6) is 0. The first kappa shape index (κ1) is 21.3. The fraction of sp³-hybridized carbons (Fsp3) is 0.556. The summed E-state index contributed by atoms with van der Waals surface area (Å²) >= 11 is 0. The van der Waals surface area contributed by atoms with Crippen LogP contribution in [0.5, 0.6) is 0 Å². The van der Waals surface area contributed by atoms with Gasteiger partial charge in [-0.05, 0) is 26.3 Å². The summed E-state index contributed by atoms with van der Waals surface area (Å²) in [5.41, 5.74) is 3.19. The van der Waals surface area contributed by atoms with Crippen LogP contribution in [-0.2, 0) is 13.6 Å². The molecule has 6 heteroatoms. The summed E-state index contributed by atoms with van der Waals surface area (Å²) in [6.45, 7) is 12.7. The van der Waals surface area contributed by atoms with E-state index in [0.717, 1.165) is 5.56 Å². The summed E-state index contributed by atoms with van der Waals surface area (Å²) in [5, 5.41) is 10.9. The van der Waals surface area contributed by atoms with Crippen LogP contribution in [0.25, 0.3) is 0 Å². The zero-order valence-electron chi connectivity index (χ0n) is 15.7. The standard InChI is InChI=1S/C18H31O4PSi/c1-7-21-23(20,22-8-2)17(13-14-24(4,5)6)18(19)16-11-9-15(3)10-12-16/h9-14,17-19H,7-8H2,1-6H3/b14-13+/t17-,18+/m0/s1. The Morgan fingerprint density at radius 2 is 1.62 bits per heavy atom. The van der Waals surface area contributed by atoms with E-state index in [-0.39, 0.29) is 13.2 Å². The Kier molecular flexibility index (Phi) is 8.10. The van der Waals surface area contributed by atoms with E-state index in [0.29, 0.717) is 5.56 Å². The van der Waals surface area contributed by atoms with Crippen LogP contribution in [-0.4, -0.2) is 32.1 Å². The molecule has 0 saturated heterocycles. The molecular weight excluding hydrogens is 339 g/mol. The topological polar surface area (TPSA) is 55.8 Å². The zero-order chi connectivity index (χ0) is 18.4. The smallest absolute Gasteiger partial charge is 0.340 e. The third-order valence-electron chi connectivity index (χ3n) is 3.52. The van der Waals surface area contributed by atoms with Crippen LogP contribution in [0.3, 0.4) is 0 Å². The largest absolute Gasteiger partial charge is 0.387 e. The van der Waals surface area contributed by atoms with Crippen LogP contribution in [0.4, 0.5) is 0 Å². The Labute approximate surface area is 147 Å². The molecule has 0 radical (unpaired) electrons. The van der Waals surface area contributed by atoms with Crippen molar-refractivity contribution in [3.63, 3.8) is 0 Å². The van der Waals surface area contributed by atoms with E-state index in [1.165, 1.54) is 0 Å². The van der Waals surface area contributed by atoms with Crippen LogP contribution < -0.4 is 0 Å². The molecule has 136 valence electrons. The summed E-state index contributed by atoms with van der Waals surface area (Å²) < 4.78 is 24.3. The number of aliphatic hydroxyl groups excluding tert-OH is 1. The second-order valence-corrected chi connectivity index (χ2v) is 14.2. The van der Waals surface area contributed by atoms with Gasteiger partial charge in [0.15, 0.2) is 0 Å². The van der Waals surface area contributed by atoms with Gasteiger partial charge in [-0.25, -0.2) is 0 Å². The van der Waals surface area contributed by atoms with Crippen molar-refractivity contribution >= 4 is 15.7 Å². The van der Waals surface area contributed by atoms with Crippen LogP contribution in [0, 0.1) is 6.92 Å². The Morgan fingerprint density at radius 1 is 1.12 bits per heavy atom. The quantitative estimate of drug-likeness (QED) is 0.485. The van der Waals surface area contributed by atoms with Crippen molar-refractivity contribution in [1.29, 1.82) is 0 Å². The van der Waals surface area contributed by atoms with Crippen molar-refractivity contribution in [3.05, 3.63) is 47.2 Å². The molecule has 0 aliphatic rings. The van der Waals surface area contributed by atoms with Gasteiger partial charge < -0.3 is 14.2 Å². The molecule has 0 aliphatic carbocycles. The lowest BCUT2D eigenvalue weighted by atomic mass is 10.0. The minimum atomic E-state index is -3.46. The lowest BCUT2D eigenvalue weighted by Gasteiger charge is -2.28. The van der Waals surface area contributed by atoms with E-state index in [1.54, 1.807) is 13.8 Å². The van der Waals surface area contributed by atoms with E-state index in [4.69, 9.17) is 9.05 Å². The molecule has 0 aromatic heterocycles. The molecule has 0 spiro atoms. The minimum absolute atomic E-state index is 0.273. The molecule has 1 rings (SSSR count). The number of hydrogen-bond donors (Lipinski definition) is 1. The van der Waals surface area contributed by atoms with Crippen molar-refractivity contribution in [3.8, 4) is 0 Å². The van der Waals surface area contributed by atoms with Gasteiger partial charge >= 0.3 is 7.60 Å². The van der Waals surface area contributed by atoms with Crippen molar-refractivity contribution in [2.45, 2.75) is 52.2 Å². The molecule has 0 saturated carbocycles. The number of hydrogen-bond acceptors (Lipinski definition) is 4. The molecule has 0 fully saturated rings. The second kappa shape index (κ2) is 9.11. The van der Waals surface area contributed by atoms with Crippen LogP contribution in [0.15, 0.2) is 36.0 Å². The van der Waals surface area contributed by atoms with Gasteiger partial charge in [0.05, 0.1) is 27.4 Å². The predicted octanol–water partition coefficient (Wildman–Crippen LogP) is 5.10. The van der Waals surface area contributed by atoms with Gasteiger partial charge in [0.1, 0.15) is 5.66 Å². The van der Waals surface area contributed by atoms with E-state index in [2.05, 4.69) is 25.3 Å². The lowest BCUT2D eigenvalue weighted by Crippen LogP contribution is -2.23. The number of aryl methyl sites for hydroxylation is 1. The molecule has 1 N–H and O–H groups in total. The minimum Gasteiger partial charge on any atom is -0.387 e. The van der Waals surface area contributed by atoms with Gasteiger partial charge in [-0.15, -0.1) is 0 Å². The van der Waals surface area contributed by atoms with Gasteiger partial charge in [-0.2, -0.15) is 0 Å². The first-order chi connectivity index (χ1) is 11.1. The third kappa shape index (κ3) is 6.30. The number of aliphatic hydroxyl groups is 1. The third-order valence-corrected chi connectivity index (χ3v) is 7.13. The molecule has 1 aromatic rings. The lowest BCUT2D eigenvalue weighted by molar-refractivity contribution is 0.152. The van der Waals surface area contributed by atoms with Gasteiger partial charge in [0, 0.05) is 0 Å². The maximum absolute atomic E-state index is 13.3. The molecule has 0 heterocycles. The van der Waals surface area contributed by atoms with E-state index in [9.17, 15) is 9.67 Å². The molecule has 1 aromatic carbocycles. The number of rotatable bonds is 9. The highest BCUT2D eigenvalue weighted by molar-refractivity contribution is 7.55. The van der Waals surface area contributed by atoms with Crippen molar-refractivity contribution in [2.75, 3.05) is 13.2 Å². The molecule has 0 aliphatic heterocycles. The molecule has 0 bridgehead atoms. The fourth-order valence-corrected chi connectivity index (χ4v) is 5.20. The SMILES string of the molecule is CCOP(=O)(OCC)[C@@H](/C=C/[Si](C)(C)C)[C@H](O)c1ccc(C)cc1. The van der Waals surface area contributed by atoms with Gasteiger partial charge in [-0.3, -0.25) is 4.57 Å². The average molecular weight is 371 g/mol.